The number of carbonyl (C=O) groups excluding carboxylic acids is 1. The van der Waals surface area contributed by atoms with Gasteiger partial charge in [-0.1, -0.05) is 0 Å². The molecule has 0 saturated carbocycles. The van der Waals surface area contributed by atoms with Crippen LogP contribution in [0.2, 0.25) is 0 Å². The number of aliphatic hydroxyl groups excluding tert-OH is 1. The minimum absolute atomic E-state index is 0.0355. The number of amides is 1. The second kappa shape index (κ2) is 7.49. The number of rotatable bonds is 4. The Kier molecular flexibility index (Phi) is 5.66. The maximum atomic E-state index is 13.8. The number of hydrogen-bond acceptors (Lipinski definition) is 2. The standard InChI is InChI=1S/C17H21F2NO2/c1-12(15-6-5-13(18)11-16(15)19)10-17(22)20-8-3-2-4-14(20)7-9-21/h5-6,10-11,14,21H,2-4,7-9H2,1H3/b12-10-. The van der Waals surface area contributed by atoms with Gasteiger partial charge in [-0.25, -0.2) is 8.78 Å². The number of allylic oxidation sites excluding steroid dienone is 1. The summed E-state index contributed by atoms with van der Waals surface area (Å²) < 4.78 is 26.7. The van der Waals surface area contributed by atoms with Crippen LogP contribution in [0.1, 0.15) is 38.2 Å². The third-order valence-electron chi connectivity index (χ3n) is 4.07. The van der Waals surface area contributed by atoms with Crippen LogP contribution in [0.25, 0.3) is 5.57 Å². The molecule has 1 atom stereocenters. The molecule has 1 amide bonds. The Morgan fingerprint density at radius 3 is 2.86 bits per heavy atom. The van der Waals surface area contributed by atoms with E-state index in [4.69, 9.17) is 5.11 Å². The Morgan fingerprint density at radius 2 is 2.18 bits per heavy atom. The first-order valence-electron chi connectivity index (χ1n) is 7.58. The van der Waals surface area contributed by atoms with Crippen molar-refractivity contribution >= 4 is 11.5 Å². The molecule has 1 saturated heterocycles. The quantitative estimate of drug-likeness (QED) is 0.868. The Morgan fingerprint density at radius 1 is 1.41 bits per heavy atom. The minimum Gasteiger partial charge on any atom is -0.396 e. The topological polar surface area (TPSA) is 40.5 Å². The summed E-state index contributed by atoms with van der Waals surface area (Å²) in [6.07, 6.45) is 4.81. The molecule has 5 heteroatoms. The van der Waals surface area contributed by atoms with Crippen molar-refractivity contribution in [2.45, 2.75) is 38.6 Å². The first kappa shape index (κ1) is 16.6. The lowest BCUT2D eigenvalue weighted by Gasteiger charge is -2.35. The molecule has 120 valence electrons. The Balaban J connectivity index is 2.17. The van der Waals surface area contributed by atoms with Gasteiger partial charge in [0, 0.05) is 36.9 Å². The third-order valence-corrected chi connectivity index (χ3v) is 4.07. The van der Waals surface area contributed by atoms with E-state index >= 15 is 0 Å². The largest absolute Gasteiger partial charge is 0.396 e. The maximum Gasteiger partial charge on any atom is 0.247 e. The molecule has 1 aromatic carbocycles. The van der Waals surface area contributed by atoms with E-state index in [1.165, 1.54) is 18.2 Å². The van der Waals surface area contributed by atoms with Gasteiger partial charge in [0.05, 0.1) is 0 Å². The summed E-state index contributed by atoms with van der Waals surface area (Å²) in [6.45, 7) is 2.34. The van der Waals surface area contributed by atoms with Crippen molar-refractivity contribution in [3.05, 3.63) is 41.5 Å². The van der Waals surface area contributed by atoms with Crippen LogP contribution in [0.15, 0.2) is 24.3 Å². The second-order valence-corrected chi connectivity index (χ2v) is 5.65. The normalized spacial score (nSPS) is 19.4. The van der Waals surface area contributed by atoms with Crippen molar-refractivity contribution in [2.75, 3.05) is 13.2 Å². The molecule has 1 aliphatic heterocycles. The summed E-state index contributed by atoms with van der Waals surface area (Å²) in [7, 11) is 0. The molecule has 1 aliphatic rings. The molecular formula is C17H21F2NO2. The Bertz CT molecular complexity index is 570. The molecule has 0 aliphatic carbocycles. The fourth-order valence-corrected chi connectivity index (χ4v) is 2.90. The van der Waals surface area contributed by atoms with Crippen molar-refractivity contribution in [2.24, 2.45) is 0 Å². The Hall–Kier alpha value is -1.75. The van der Waals surface area contributed by atoms with E-state index in [9.17, 15) is 13.6 Å². The van der Waals surface area contributed by atoms with Crippen molar-refractivity contribution in [3.8, 4) is 0 Å². The van der Waals surface area contributed by atoms with Crippen molar-refractivity contribution in [3.63, 3.8) is 0 Å². The Labute approximate surface area is 129 Å². The number of benzene rings is 1. The highest BCUT2D eigenvalue weighted by Crippen LogP contribution is 2.23. The molecule has 1 heterocycles. The van der Waals surface area contributed by atoms with Gasteiger partial charge in [-0.3, -0.25) is 4.79 Å². The van der Waals surface area contributed by atoms with Gasteiger partial charge < -0.3 is 10.0 Å². The molecule has 1 N–H and O–H groups in total. The zero-order valence-corrected chi connectivity index (χ0v) is 12.7. The highest BCUT2D eigenvalue weighted by atomic mass is 19.1. The number of hydrogen-bond donors (Lipinski definition) is 1. The number of halogens is 2. The van der Waals surface area contributed by atoms with E-state index in [-0.39, 0.29) is 24.1 Å². The molecule has 1 unspecified atom stereocenters. The molecule has 0 spiro atoms. The number of nitrogens with zero attached hydrogens (tertiary/aromatic N) is 1. The lowest BCUT2D eigenvalue weighted by atomic mass is 9.99. The first-order valence-corrected chi connectivity index (χ1v) is 7.58. The van der Waals surface area contributed by atoms with E-state index in [2.05, 4.69) is 0 Å². The minimum atomic E-state index is -0.674. The van der Waals surface area contributed by atoms with Gasteiger partial charge in [-0.2, -0.15) is 0 Å². The van der Waals surface area contributed by atoms with E-state index in [0.717, 1.165) is 25.3 Å². The smallest absolute Gasteiger partial charge is 0.247 e. The van der Waals surface area contributed by atoms with Crippen LogP contribution in [-0.2, 0) is 4.79 Å². The van der Waals surface area contributed by atoms with Crippen LogP contribution in [-0.4, -0.2) is 35.1 Å². The SMILES string of the molecule is C/C(=C/C(=O)N1CCCCC1CCO)c1ccc(F)cc1F. The predicted molar refractivity (Wildman–Crippen MR) is 81.1 cm³/mol. The van der Waals surface area contributed by atoms with Gasteiger partial charge >= 0.3 is 0 Å². The van der Waals surface area contributed by atoms with Gasteiger partial charge in [0.1, 0.15) is 11.6 Å². The molecule has 0 aromatic heterocycles. The van der Waals surface area contributed by atoms with Gasteiger partial charge in [0.15, 0.2) is 0 Å². The molecular weight excluding hydrogens is 288 g/mol. The summed E-state index contributed by atoms with van der Waals surface area (Å²) in [5.41, 5.74) is 0.696. The molecule has 22 heavy (non-hydrogen) atoms. The predicted octanol–water partition coefficient (Wildman–Crippen LogP) is 3.13. The monoisotopic (exact) mass is 309 g/mol. The number of piperidine rings is 1. The number of carbonyl (C=O) groups is 1. The number of aliphatic hydroxyl groups is 1. The average molecular weight is 309 g/mol. The molecule has 2 rings (SSSR count). The van der Waals surface area contributed by atoms with Crippen molar-refractivity contribution in [1.82, 2.24) is 4.90 Å². The summed E-state index contributed by atoms with van der Waals surface area (Å²) >= 11 is 0. The zero-order valence-electron chi connectivity index (χ0n) is 12.7. The summed E-state index contributed by atoms with van der Waals surface area (Å²) in [5.74, 6) is -1.49. The van der Waals surface area contributed by atoms with E-state index in [0.29, 0.717) is 18.5 Å². The van der Waals surface area contributed by atoms with Gasteiger partial charge in [-0.15, -0.1) is 0 Å². The van der Waals surface area contributed by atoms with E-state index in [1.807, 2.05) is 0 Å². The van der Waals surface area contributed by atoms with Crippen LogP contribution >= 0.6 is 0 Å². The van der Waals surface area contributed by atoms with Crippen LogP contribution in [0.5, 0.6) is 0 Å². The summed E-state index contributed by atoms with van der Waals surface area (Å²) in [6, 6.07) is 3.36. The molecule has 3 nitrogen and oxygen atoms in total. The van der Waals surface area contributed by atoms with Crippen LogP contribution in [0, 0.1) is 11.6 Å². The van der Waals surface area contributed by atoms with Crippen LogP contribution in [0.3, 0.4) is 0 Å². The third kappa shape index (κ3) is 3.91. The number of likely N-dealkylation sites (tertiary alicyclic amines) is 1. The molecule has 1 fully saturated rings. The van der Waals surface area contributed by atoms with E-state index < -0.39 is 11.6 Å². The summed E-state index contributed by atoms with van der Waals surface area (Å²) in [4.78, 5) is 14.2. The second-order valence-electron chi connectivity index (χ2n) is 5.65. The van der Waals surface area contributed by atoms with Gasteiger partial charge in [0.25, 0.3) is 0 Å². The van der Waals surface area contributed by atoms with Gasteiger partial charge in [-0.05, 0) is 50.3 Å². The lowest BCUT2D eigenvalue weighted by Crippen LogP contribution is -2.43. The fraction of sp³-hybridized carbons (Fsp3) is 0.471. The maximum absolute atomic E-state index is 13.8. The van der Waals surface area contributed by atoms with E-state index in [1.54, 1.807) is 11.8 Å². The fourth-order valence-electron chi connectivity index (χ4n) is 2.90. The van der Waals surface area contributed by atoms with Crippen LogP contribution in [0.4, 0.5) is 8.78 Å². The highest BCUT2D eigenvalue weighted by Gasteiger charge is 2.25. The average Bonchev–Trinajstić information content (AvgIpc) is 2.47. The van der Waals surface area contributed by atoms with Crippen molar-refractivity contribution < 1.29 is 18.7 Å². The summed E-state index contributed by atoms with van der Waals surface area (Å²) in [5, 5.41) is 9.10. The molecule has 0 bridgehead atoms. The first-order chi connectivity index (χ1) is 10.5. The lowest BCUT2D eigenvalue weighted by molar-refractivity contribution is -0.129. The molecule has 0 radical (unpaired) electrons. The van der Waals surface area contributed by atoms with Crippen LogP contribution < -0.4 is 0 Å². The zero-order chi connectivity index (χ0) is 16.1. The van der Waals surface area contributed by atoms with Crippen molar-refractivity contribution in [1.29, 1.82) is 0 Å². The van der Waals surface area contributed by atoms with Gasteiger partial charge in [0.2, 0.25) is 5.91 Å². The highest BCUT2D eigenvalue weighted by molar-refractivity contribution is 5.95. The molecule has 1 aromatic rings.